The van der Waals surface area contributed by atoms with E-state index in [-0.39, 0.29) is 6.04 Å². The second-order valence-electron chi connectivity index (χ2n) is 4.43. The zero-order valence-corrected chi connectivity index (χ0v) is 9.74. The van der Waals surface area contributed by atoms with Crippen LogP contribution in [0.2, 0.25) is 0 Å². The highest BCUT2D eigenvalue weighted by Crippen LogP contribution is 2.15. The summed E-state index contributed by atoms with van der Waals surface area (Å²) in [6, 6.07) is 8.92. The van der Waals surface area contributed by atoms with Crippen LogP contribution in [0.5, 0.6) is 0 Å². The number of aryl methyl sites for hydroxylation is 1. The third-order valence-electron chi connectivity index (χ3n) is 2.75. The molecule has 1 unspecified atom stereocenters. The lowest BCUT2D eigenvalue weighted by Crippen LogP contribution is -2.29. The molecule has 15 heavy (non-hydrogen) atoms. The summed E-state index contributed by atoms with van der Waals surface area (Å²) in [5, 5.41) is 0. The molecule has 0 saturated heterocycles. The minimum Gasteiger partial charge on any atom is -0.329 e. The molecule has 84 valence electrons. The maximum absolute atomic E-state index is 5.77. The van der Waals surface area contributed by atoms with Crippen LogP contribution < -0.4 is 11.5 Å². The average Bonchev–Trinajstić information content (AvgIpc) is 2.26. The standard InChI is InChI=1S/C13H22N2/c1-10(2)12-6-3-11(4-7-12)5-8-13(15)9-14/h3-4,6-7,10,13H,5,8-9,14-15H2,1-2H3. The Morgan fingerprint density at radius 3 is 2.20 bits per heavy atom. The molecule has 0 aliphatic carbocycles. The Morgan fingerprint density at radius 1 is 1.13 bits per heavy atom. The Hall–Kier alpha value is -0.860. The molecule has 0 aromatic heterocycles. The molecule has 2 nitrogen and oxygen atoms in total. The normalized spacial score (nSPS) is 13.1. The van der Waals surface area contributed by atoms with Gasteiger partial charge < -0.3 is 11.5 Å². The molecule has 1 rings (SSSR count). The van der Waals surface area contributed by atoms with Crippen molar-refractivity contribution in [3.05, 3.63) is 35.4 Å². The maximum Gasteiger partial charge on any atom is 0.0166 e. The van der Waals surface area contributed by atoms with Crippen molar-refractivity contribution in [2.45, 2.75) is 38.6 Å². The zero-order valence-electron chi connectivity index (χ0n) is 9.74. The first-order valence-corrected chi connectivity index (χ1v) is 5.68. The van der Waals surface area contributed by atoms with Gasteiger partial charge in [-0.2, -0.15) is 0 Å². The summed E-state index contributed by atoms with van der Waals surface area (Å²) in [7, 11) is 0. The Morgan fingerprint density at radius 2 is 1.73 bits per heavy atom. The smallest absolute Gasteiger partial charge is 0.0166 e. The maximum atomic E-state index is 5.77. The monoisotopic (exact) mass is 206 g/mol. The summed E-state index contributed by atoms with van der Waals surface area (Å²) >= 11 is 0. The molecule has 1 aromatic rings. The third-order valence-corrected chi connectivity index (χ3v) is 2.75. The van der Waals surface area contributed by atoms with Crippen LogP contribution in [0.3, 0.4) is 0 Å². The summed E-state index contributed by atoms with van der Waals surface area (Å²) in [6.07, 6.45) is 1.99. The van der Waals surface area contributed by atoms with E-state index in [1.807, 2.05) is 0 Å². The lowest BCUT2D eigenvalue weighted by molar-refractivity contribution is 0.622. The Labute approximate surface area is 92.7 Å². The van der Waals surface area contributed by atoms with Crippen molar-refractivity contribution >= 4 is 0 Å². The van der Waals surface area contributed by atoms with Crippen molar-refractivity contribution in [1.82, 2.24) is 0 Å². The van der Waals surface area contributed by atoms with Gasteiger partial charge in [0.05, 0.1) is 0 Å². The van der Waals surface area contributed by atoms with Crippen LogP contribution >= 0.6 is 0 Å². The predicted octanol–water partition coefficient (Wildman–Crippen LogP) is 2.03. The Bertz CT molecular complexity index is 277. The molecule has 0 bridgehead atoms. The van der Waals surface area contributed by atoms with Crippen LogP contribution in [-0.4, -0.2) is 12.6 Å². The largest absolute Gasteiger partial charge is 0.329 e. The molecular weight excluding hydrogens is 184 g/mol. The van der Waals surface area contributed by atoms with Crippen molar-refractivity contribution in [2.24, 2.45) is 11.5 Å². The van der Waals surface area contributed by atoms with E-state index in [9.17, 15) is 0 Å². The molecule has 4 N–H and O–H groups in total. The van der Waals surface area contributed by atoms with Crippen molar-refractivity contribution in [3.63, 3.8) is 0 Å². The second-order valence-corrected chi connectivity index (χ2v) is 4.43. The van der Waals surface area contributed by atoms with Gasteiger partial charge in [0.2, 0.25) is 0 Å². The first-order chi connectivity index (χ1) is 7.13. The first-order valence-electron chi connectivity index (χ1n) is 5.68. The summed E-state index contributed by atoms with van der Waals surface area (Å²) in [5.74, 6) is 0.602. The first kappa shape index (κ1) is 12.2. The summed E-state index contributed by atoms with van der Waals surface area (Å²) in [5.41, 5.74) is 14.0. The number of benzene rings is 1. The van der Waals surface area contributed by atoms with Crippen LogP contribution in [-0.2, 0) is 6.42 Å². The van der Waals surface area contributed by atoms with E-state index in [0.717, 1.165) is 12.8 Å². The van der Waals surface area contributed by atoms with E-state index in [1.54, 1.807) is 0 Å². The summed E-state index contributed by atoms with van der Waals surface area (Å²) in [6.45, 7) is 4.99. The molecule has 0 aliphatic heterocycles. The van der Waals surface area contributed by atoms with Gasteiger partial charge >= 0.3 is 0 Å². The fourth-order valence-corrected chi connectivity index (χ4v) is 1.54. The topological polar surface area (TPSA) is 52.0 Å². The van der Waals surface area contributed by atoms with E-state index < -0.39 is 0 Å². The van der Waals surface area contributed by atoms with E-state index in [4.69, 9.17) is 11.5 Å². The fraction of sp³-hybridized carbons (Fsp3) is 0.538. The quantitative estimate of drug-likeness (QED) is 0.774. The Balaban J connectivity index is 2.50. The van der Waals surface area contributed by atoms with Crippen molar-refractivity contribution < 1.29 is 0 Å². The van der Waals surface area contributed by atoms with Gasteiger partial charge in [-0.25, -0.2) is 0 Å². The van der Waals surface area contributed by atoms with Crippen LogP contribution in [0.1, 0.15) is 37.3 Å². The molecule has 0 amide bonds. The highest BCUT2D eigenvalue weighted by atomic mass is 14.7. The van der Waals surface area contributed by atoms with Crippen molar-refractivity contribution in [2.75, 3.05) is 6.54 Å². The van der Waals surface area contributed by atoms with Gasteiger partial charge in [0.15, 0.2) is 0 Å². The molecule has 0 radical (unpaired) electrons. The molecule has 0 saturated carbocycles. The van der Waals surface area contributed by atoms with Gasteiger partial charge in [0, 0.05) is 12.6 Å². The van der Waals surface area contributed by atoms with E-state index in [0.29, 0.717) is 12.5 Å². The zero-order chi connectivity index (χ0) is 11.3. The summed E-state index contributed by atoms with van der Waals surface area (Å²) in [4.78, 5) is 0. The van der Waals surface area contributed by atoms with Gasteiger partial charge in [-0.1, -0.05) is 38.1 Å². The fourth-order valence-electron chi connectivity index (χ4n) is 1.54. The molecule has 0 fully saturated rings. The number of nitrogens with two attached hydrogens (primary N) is 2. The van der Waals surface area contributed by atoms with Gasteiger partial charge in [-0.15, -0.1) is 0 Å². The van der Waals surface area contributed by atoms with E-state index in [1.165, 1.54) is 11.1 Å². The molecule has 0 heterocycles. The van der Waals surface area contributed by atoms with Gasteiger partial charge in [-0.3, -0.25) is 0 Å². The Kier molecular flexibility index (Phi) is 4.79. The highest BCUT2D eigenvalue weighted by Gasteiger charge is 2.02. The van der Waals surface area contributed by atoms with Crippen molar-refractivity contribution in [3.8, 4) is 0 Å². The predicted molar refractivity (Wildman–Crippen MR) is 65.9 cm³/mol. The minimum atomic E-state index is 0.134. The van der Waals surface area contributed by atoms with E-state index >= 15 is 0 Å². The minimum absolute atomic E-state index is 0.134. The second kappa shape index (κ2) is 5.89. The third kappa shape index (κ3) is 4.02. The number of hydrogen-bond donors (Lipinski definition) is 2. The lowest BCUT2D eigenvalue weighted by Gasteiger charge is -2.09. The molecule has 1 aromatic carbocycles. The number of rotatable bonds is 5. The van der Waals surface area contributed by atoms with Gasteiger partial charge in [0.1, 0.15) is 0 Å². The molecular formula is C13H22N2. The van der Waals surface area contributed by atoms with Crippen LogP contribution in [0.15, 0.2) is 24.3 Å². The van der Waals surface area contributed by atoms with Crippen LogP contribution in [0.25, 0.3) is 0 Å². The SMILES string of the molecule is CC(C)c1ccc(CCC(N)CN)cc1. The van der Waals surface area contributed by atoms with Crippen molar-refractivity contribution in [1.29, 1.82) is 0 Å². The van der Waals surface area contributed by atoms with Gasteiger partial charge in [0.25, 0.3) is 0 Å². The highest BCUT2D eigenvalue weighted by molar-refractivity contribution is 5.24. The summed E-state index contributed by atoms with van der Waals surface area (Å²) < 4.78 is 0. The molecule has 2 heteroatoms. The van der Waals surface area contributed by atoms with Crippen LogP contribution in [0, 0.1) is 0 Å². The average molecular weight is 206 g/mol. The van der Waals surface area contributed by atoms with Crippen LogP contribution in [0.4, 0.5) is 0 Å². The van der Waals surface area contributed by atoms with Gasteiger partial charge in [-0.05, 0) is 29.9 Å². The molecule has 1 atom stereocenters. The number of hydrogen-bond acceptors (Lipinski definition) is 2. The molecule has 0 aliphatic rings. The lowest BCUT2D eigenvalue weighted by atomic mass is 9.99. The molecule has 0 spiro atoms. The van der Waals surface area contributed by atoms with E-state index in [2.05, 4.69) is 38.1 Å².